The Morgan fingerprint density at radius 3 is 2.00 bits per heavy atom. The molecule has 1 rings (SSSR count). The third-order valence-corrected chi connectivity index (χ3v) is 6.53. The van der Waals surface area contributed by atoms with Crippen molar-refractivity contribution in [2.24, 2.45) is 11.3 Å². The molecule has 1 aromatic rings. The first kappa shape index (κ1) is 29.6. The topological polar surface area (TPSA) is 61.4 Å². The normalized spacial score (nSPS) is 15.8. The van der Waals surface area contributed by atoms with Crippen LogP contribution < -0.4 is 10.6 Å². The van der Waals surface area contributed by atoms with E-state index >= 15 is 0 Å². The Hall–Kier alpha value is -2.40. The standard InChI is InChI=1S/C29H47N3O2/c1-12-16-21(4)19-23(20(2)3)32(11)27(34)25(28(5,6)7)31-26(33)24(30-10)29(8,9)22-17-14-13-15-18-22/h12-20,23-25,30H,1-11H3,(H,31,33)/b16-12+,21-19+. The van der Waals surface area contributed by atoms with Crippen LogP contribution in [0.15, 0.2) is 54.1 Å². The molecule has 190 valence electrons. The Morgan fingerprint density at radius 1 is 1.00 bits per heavy atom. The number of rotatable bonds is 10. The number of hydrogen-bond acceptors (Lipinski definition) is 3. The second kappa shape index (κ2) is 12.3. The van der Waals surface area contributed by atoms with Crippen LogP contribution in [0.25, 0.3) is 0 Å². The van der Waals surface area contributed by atoms with Crippen molar-refractivity contribution in [3.05, 3.63) is 59.7 Å². The van der Waals surface area contributed by atoms with Crippen molar-refractivity contribution in [1.82, 2.24) is 15.5 Å². The summed E-state index contributed by atoms with van der Waals surface area (Å²) < 4.78 is 0. The fourth-order valence-electron chi connectivity index (χ4n) is 4.42. The molecule has 0 spiro atoms. The minimum Gasteiger partial charge on any atom is -0.342 e. The number of hydrogen-bond donors (Lipinski definition) is 2. The van der Waals surface area contributed by atoms with Crippen LogP contribution in [0, 0.1) is 11.3 Å². The molecular formula is C29H47N3O2. The highest BCUT2D eigenvalue weighted by atomic mass is 16.2. The average Bonchev–Trinajstić information content (AvgIpc) is 2.75. The Balaban J connectivity index is 3.27. The molecule has 3 unspecified atom stereocenters. The lowest BCUT2D eigenvalue weighted by Crippen LogP contribution is -2.61. The largest absolute Gasteiger partial charge is 0.342 e. The second-order valence-electron chi connectivity index (χ2n) is 11.2. The van der Waals surface area contributed by atoms with E-state index in [0.717, 1.165) is 11.1 Å². The maximum Gasteiger partial charge on any atom is 0.245 e. The van der Waals surface area contributed by atoms with Crippen molar-refractivity contribution in [3.63, 3.8) is 0 Å². The van der Waals surface area contributed by atoms with Gasteiger partial charge in [-0.1, -0.05) is 103 Å². The van der Waals surface area contributed by atoms with E-state index in [2.05, 4.69) is 30.6 Å². The molecule has 2 N–H and O–H groups in total. The maximum atomic E-state index is 13.8. The fraction of sp³-hybridized carbons (Fsp3) is 0.586. The zero-order valence-electron chi connectivity index (χ0n) is 23.2. The van der Waals surface area contributed by atoms with Crippen LogP contribution in [-0.2, 0) is 15.0 Å². The van der Waals surface area contributed by atoms with Crippen molar-refractivity contribution in [2.75, 3.05) is 14.1 Å². The zero-order chi connectivity index (χ0) is 26.3. The predicted molar refractivity (Wildman–Crippen MR) is 144 cm³/mol. The van der Waals surface area contributed by atoms with E-state index in [9.17, 15) is 9.59 Å². The Bertz CT molecular complexity index is 863. The molecule has 5 nitrogen and oxygen atoms in total. The summed E-state index contributed by atoms with van der Waals surface area (Å²) in [7, 11) is 3.62. The van der Waals surface area contributed by atoms with Crippen LogP contribution in [0.1, 0.15) is 67.9 Å². The minimum atomic E-state index is -0.663. The molecule has 0 fully saturated rings. The fourth-order valence-corrected chi connectivity index (χ4v) is 4.42. The molecule has 0 bridgehead atoms. The molecule has 0 saturated heterocycles. The molecule has 0 aromatic heterocycles. The Kier molecular flexibility index (Phi) is 10.8. The first-order valence-electron chi connectivity index (χ1n) is 12.3. The van der Waals surface area contributed by atoms with E-state index in [0.29, 0.717) is 0 Å². The number of likely N-dealkylation sites (N-methyl/N-ethyl adjacent to an activating group) is 2. The lowest BCUT2D eigenvalue weighted by Gasteiger charge is -2.40. The molecule has 0 aliphatic carbocycles. The van der Waals surface area contributed by atoms with E-state index in [-0.39, 0.29) is 23.8 Å². The molecular weight excluding hydrogens is 422 g/mol. The van der Waals surface area contributed by atoms with Gasteiger partial charge in [-0.05, 0) is 37.8 Å². The molecule has 1 aromatic carbocycles. The second-order valence-corrected chi connectivity index (χ2v) is 11.2. The third kappa shape index (κ3) is 7.56. The van der Waals surface area contributed by atoms with E-state index < -0.39 is 22.9 Å². The van der Waals surface area contributed by atoms with E-state index in [4.69, 9.17) is 0 Å². The van der Waals surface area contributed by atoms with Gasteiger partial charge >= 0.3 is 0 Å². The highest BCUT2D eigenvalue weighted by molar-refractivity contribution is 5.91. The van der Waals surface area contributed by atoms with Gasteiger partial charge < -0.3 is 15.5 Å². The summed E-state index contributed by atoms with van der Waals surface area (Å²) in [4.78, 5) is 29.1. The lowest BCUT2D eigenvalue weighted by atomic mass is 9.76. The highest BCUT2D eigenvalue weighted by Gasteiger charge is 2.41. The highest BCUT2D eigenvalue weighted by Crippen LogP contribution is 2.29. The van der Waals surface area contributed by atoms with Crippen molar-refractivity contribution in [3.8, 4) is 0 Å². The average molecular weight is 470 g/mol. The van der Waals surface area contributed by atoms with Gasteiger partial charge in [-0.15, -0.1) is 0 Å². The molecule has 0 heterocycles. The predicted octanol–water partition coefficient (Wildman–Crippen LogP) is 5.09. The number of allylic oxidation sites excluding steroid dienone is 3. The number of amides is 2. The van der Waals surface area contributed by atoms with Crippen LogP contribution in [0.5, 0.6) is 0 Å². The summed E-state index contributed by atoms with van der Waals surface area (Å²) >= 11 is 0. The molecule has 0 saturated carbocycles. The van der Waals surface area contributed by atoms with Gasteiger partial charge in [0.2, 0.25) is 11.8 Å². The number of nitrogens with zero attached hydrogens (tertiary/aromatic N) is 1. The molecule has 0 radical (unpaired) electrons. The van der Waals surface area contributed by atoms with E-state index in [1.807, 2.05) is 98.0 Å². The van der Waals surface area contributed by atoms with Crippen molar-refractivity contribution >= 4 is 11.8 Å². The van der Waals surface area contributed by atoms with Crippen LogP contribution in [0.4, 0.5) is 0 Å². The molecule has 2 amide bonds. The van der Waals surface area contributed by atoms with Crippen LogP contribution in [0.2, 0.25) is 0 Å². The quantitative estimate of drug-likeness (QED) is 0.469. The number of benzene rings is 1. The molecule has 34 heavy (non-hydrogen) atoms. The number of carbonyl (C=O) groups is 2. The zero-order valence-corrected chi connectivity index (χ0v) is 23.2. The molecule has 0 aliphatic rings. The van der Waals surface area contributed by atoms with Crippen molar-refractivity contribution in [2.45, 2.75) is 85.9 Å². The smallest absolute Gasteiger partial charge is 0.245 e. The van der Waals surface area contributed by atoms with Crippen molar-refractivity contribution in [1.29, 1.82) is 0 Å². The first-order valence-corrected chi connectivity index (χ1v) is 12.3. The monoisotopic (exact) mass is 469 g/mol. The van der Waals surface area contributed by atoms with Gasteiger partial charge in [0.25, 0.3) is 0 Å². The van der Waals surface area contributed by atoms with Gasteiger partial charge in [0, 0.05) is 12.5 Å². The van der Waals surface area contributed by atoms with Gasteiger partial charge in [-0.25, -0.2) is 0 Å². The third-order valence-electron chi connectivity index (χ3n) is 6.53. The summed E-state index contributed by atoms with van der Waals surface area (Å²) in [5.41, 5.74) is 1.24. The van der Waals surface area contributed by atoms with Gasteiger partial charge in [0.05, 0.1) is 12.1 Å². The summed E-state index contributed by atoms with van der Waals surface area (Å²) in [6, 6.07) is 8.75. The molecule has 5 heteroatoms. The number of carbonyl (C=O) groups excluding carboxylic acids is 2. The van der Waals surface area contributed by atoms with E-state index in [1.54, 1.807) is 11.9 Å². The van der Waals surface area contributed by atoms with E-state index in [1.165, 1.54) is 0 Å². The maximum absolute atomic E-state index is 13.8. The van der Waals surface area contributed by atoms with Crippen LogP contribution in [0.3, 0.4) is 0 Å². The lowest BCUT2D eigenvalue weighted by molar-refractivity contribution is -0.140. The minimum absolute atomic E-state index is 0.0775. The summed E-state index contributed by atoms with van der Waals surface area (Å²) in [5.74, 6) is -0.0382. The van der Waals surface area contributed by atoms with Crippen LogP contribution >= 0.6 is 0 Å². The van der Waals surface area contributed by atoms with Gasteiger partial charge in [0.15, 0.2) is 0 Å². The number of nitrogens with one attached hydrogen (secondary N) is 2. The first-order chi connectivity index (χ1) is 15.7. The Morgan fingerprint density at radius 2 is 1.56 bits per heavy atom. The SMILES string of the molecule is C/C=C/C(C)=C/C(C(C)C)N(C)C(=O)C(NC(=O)C(NC)C(C)(C)c1ccccc1)C(C)(C)C. The van der Waals surface area contributed by atoms with Crippen molar-refractivity contribution < 1.29 is 9.59 Å². The summed E-state index contributed by atoms with van der Waals surface area (Å²) in [5, 5.41) is 6.30. The summed E-state index contributed by atoms with van der Waals surface area (Å²) in [6.45, 7) is 18.3. The summed E-state index contributed by atoms with van der Waals surface area (Å²) in [6.07, 6.45) is 6.16. The van der Waals surface area contributed by atoms with Crippen LogP contribution in [-0.4, -0.2) is 48.9 Å². The van der Waals surface area contributed by atoms with Gasteiger partial charge in [-0.3, -0.25) is 9.59 Å². The molecule has 0 aliphatic heterocycles. The molecule has 3 atom stereocenters. The van der Waals surface area contributed by atoms with Gasteiger partial charge in [-0.2, -0.15) is 0 Å². The van der Waals surface area contributed by atoms with Gasteiger partial charge in [0.1, 0.15) is 6.04 Å². The Labute approximate surface area is 208 Å².